The van der Waals surface area contributed by atoms with Crippen molar-refractivity contribution in [2.24, 2.45) is 0 Å². The van der Waals surface area contributed by atoms with Crippen LogP contribution < -0.4 is 4.74 Å². The van der Waals surface area contributed by atoms with E-state index in [1.165, 1.54) is 0 Å². The van der Waals surface area contributed by atoms with Crippen LogP contribution in [0.2, 0.25) is 5.02 Å². The Bertz CT molecular complexity index is 701. The summed E-state index contributed by atoms with van der Waals surface area (Å²) in [6.45, 7) is 0.315. The summed E-state index contributed by atoms with van der Waals surface area (Å²) in [5.74, 6) is 1.59. The molecule has 0 radical (unpaired) electrons. The minimum absolute atomic E-state index is 0.211. The number of para-hydroxylation sites is 1. The molecular formula is C15H11ClO3. The number of halogens is 1. The largest absolute Gasteiger partial charge is 0.508 e. The van der Waals surface area contributed by atoms with Crippen LogP contribution in [0.3, 0.4) is 0 Å². The molecule has 0 aliphatic carbocycles. The average molecular weight is 275 g/mol. The molecule has 0 unspecified atom stereocenters. The van der Waals surface area contributed by atoms with E-state index < -0.39 is 0 Å². The summed E-state index contributed by atoms with van der Waals surface area (Å²) in [5.41, 5.74) is 0.675. The highest BCUT2D eigenvalue weighted by Gasteiger charge is 2.07. The van der Waals surface area contributed by atoms with Crippen LogP contribution in [-0.2, 0) is 6.61 Å². The van der Waals surface area contributed by atoms with Crippen LogP contribution in [0.15, 0.2) is 52.9 Å². The molecule has 0 aliphatic heterocycles. The van der Waals surface area contributed by atoms with Crippen molar-refractivity contribution in [1.29, 1.82) is 0 Å². The third-order valence-corrected chi connectivity index (χ3v) is 3.06. The zero-order valence-electron chi connectivity index (χ0n) is 9.97. The summed E-state index contributed by atoms with van der Waals surface area (Å²) in [4.78, 5) is 0. The second kappa shape index (κ2) is 4.86. The van der Waals surface area contributed by atoms with Crippen molar-refractivity contribution in [3.8, 4) is 11.5 Å². The van der Waals surface area contributed by atoms with E-state index in [0.29, 0.717) is 28.7 Å². The second-order valence-corrected chi connectivity index (χ2v) is 4.56. The zero-order chi connectivity index (χ0) is 13.2. The third-order valence-electron chi connectivity index (χ3n) is 2.76. The van der Waals surface area contributed by atoms with Crippen molar-refractivity contribution in [1.82, 2.24) is 0 Å². The maximum atomic E-state index is 9.18. The van der Waals surface area contributed by atoms with Crippen molar-refractivity contribution in [2.75, 3.05) is 0 Å². The normalized spacial score (nSPS) is 10.8. The number of aromatic hydroxyl groups is 1. The van der Waals surface area contributed by atoms with Gasteiger partial charge in [0.15, 0.2) is 5.58 Å². The van der Waals surface area contributed by atoms with E-state index in [9.17, 15) is 5.11 Å². The third kappa shape index (κ3) is 2.51. The van der Waals surface area contributed by atoms with Gasteiger partial charge in [0.1, 0.15) is 23.9 Å². The van der Waals surface area contributed by atoms with Gasteiger partial charge < -0.3 is 14.3 Å². The van der Waals surface area contributed by atoms with E-state index in [4.69, 9.17) is 20.8 Å². The molecule has 0 saturated heterocycles. The second-order valence-electron chi connectivity index (χ2n) is 4.15. The van der Waals surface area contributed by atoms with Crippen molar-refractivity contribution in [3.63, 3.8) is 0 Å². The lowest BCUT2D eigenvalue weighted by Crippen LogP contribution is -1.92. The average Bonchev–Trinajstić information content (AvgIpc) is 2.83. The Hall–Kier alpha value is -2.13. The monoisotopic (exact) mass is 274 g/mol. The van der Waals surface area contributed by atoms with E-state index >= 15 is 0 Å². The molecule has 1 N–H and O–H groups in total. The van der Waals surface area contributed by atoms with E-state index in [1.807, 2.05) is 18.2 Å². The molecule has 0 atom stereocenters. The highest BCUT2D eigenvalue weighted by atomic mass is 35.5. The summed E-state index contributed by atoms with van der Waals surface area (Å²) in [7, 11) is 0. The molecule has 0 spiro atoms. The summed E-state index contributed by atoms with van der Waals surface area (Å²) < 4.78 is 11.2. The number of furan rings is 1. The fourth-order valence-corrected chi connectivity index (χ4v) is 2.07. The van der Waals surface area contributed by atoms with Gasteiger partial charge in [-0.3, -0.25) is 0 Å². The van der Waals surface area contributed by atoms with Gasteiger partial charge in [-0.1, -0.05) is 23.7 Å². The van der Waals surface area contributed by atoms with Crippen LogP contribution >= 0.6 is 11.6 Å². The molecule has 0 saturated carbocycles. The Morgan fingerprint density at radius 2 is 1.89 bits per heavy atom. The minimum atomic E-state index is 0.211. The Balaban J connectivity index is 1.78. The van der Waals surface area contributed by atoms with Gasteiger partial charge in [0.25, 0.3) is 0 Å². The lowest BCUT2D eigenvalue weighted by Gasteiger charge is -2.03. The Morgan fingerprint density at radius 3 is 2.63 bits per heavy atom. The number of phenols is 1. The number of rotatable bonds is 3. The highest BCUT2D eigenvalue weighted by Crippen LogP contribution is 2.27. The highest BCUT2D eigenvalue weighted by molar-refractivity contribution is 6.34. The molecule has 1 aromatic heterocycles. The molecule has 1 heterocycles. The first-order valence-corrected chi connectivity index (χ1v) is 6.19. The summed E-state index contributed by atoms with van der Waals surface area (Å²) in [5, 5.41) is 10.7. The topological polar surface area (TPSA) is 42.6 Å². The van der Waals surface area contributed by atoms with E-state index in [0.717, 1.165) is 5.39 Å². The number of fused-ring (bicyclic) bond motifs is 1. The predicted octanol–water partition coefficient (Wildman–Crippen LogP) is 4.37. The Morgan fingerprint density at radius 1 is 1.11 bits per heavy atom. The lowest BCUT2D eigenvalue weighted by atomic mass is 10.2. The molecule has 3 nitrogen and oxygen atoms in total. The predicted molar refractivity (Wildman–Crippen MR) is 73.7 cm³/mol. The van der Waals surface area contributed by atoms with Crippen LogP contribution in [0.25, 0.3) is 11.0 Å². The number of ether oxygens (including phenoxy) is 1. The van der Waals surface area contributed by atoms with Gasteiger partial charge in [0.05, 0.1) is 5.02 Å². The first kappa shape index (κ1) is 11.9. The number of hydrogen-bond donors (Lipinski definition) is 1. The van der Waals surface area contributed by atoms with Crippen LogP contribution in [-0.4, -0.2) is 5.11 Å². The molecule has 0 aliphatic rings. The molecular weight excluding hydrogens is 264 g/mol. The van der Waals surface area contributed by atoms with Gasteiger partial charge in [-0.15, -0.1) is 0 Å². The molecule has 0 fully saturated rings. The van der Waals surface area contributed by atoms with Crippen LogP contribution in [0.4, 0.5) is 0 Å². The van der Waals surface area contributed by atoms with Crippen molar-refractivity contribution < 1.29 is 14.3 Å². The van der Waals surface area contributed by atoms with E-state index in [-0.39, 0.29) is 5.75 Å². The van der Waals surface area contributed by atoms with Crippen LogP contribution in [0, 0.1) is 0 Å². The van der Waals surface area contributed by atoms with Crippen molar-refractivity contribution in [3.05, 3.63) is 59.3 Å². The zero-order valence-corrected chi connectivity index (χ0v) is 10.7. The maximum Gasteiger partial charge on any atom is 0.153 e. The van der Waals surface area contributed by atoms with Crippen LogP contribution in [0.1, 0.15) is 5.76 Å². The Labute approximate surface area is 115 Å². The number of hydrogen-bond acceptors (Lipinski definition) is 3. The van der Waals surface area contributed by atoms with E-state index in [2.05, 4.69) is 0 Å². The SMILES string of the molecule is Oc1ccc(OCc2cc3cccc(Cl)c3o2)cc1. The molecule has 3 rings (SSSR count). The summed E-state index contributed by atoms with van der Waals surface area (Å²) in [6.07, 6.45) is 0. The lowest BCUT2D eigenvalue weighted by molar-refractivity contribution is 0.274. The van der Waals surface area contributed by atoms with Crippen molar-refractivity contribution in [2.45, 2.75) is 6.61 Å². The van der Waals surface area contributed by atoms with E-state index in [1.54, 1.807) is 30.3 Å². The molecule has 2 aromatic carbocycles. The molecule has 96 valence electrons. The molecule has 4 heteroatoms. The fourth-order valence-electron chi connectivity index (χ4n) is 1.85. The number of phenolic OH excluding ortho intramolecular Hbond substituents is 1. The van der Waals surface area contributed by atoms with Gasteiger partial charge in [0.2, 0.25) is 0 Å². The molecule has 0 amide bonds. The minimum Gasteiger partial charge on any atom is -0.508 e. The maximum absolute atomic E-state index is 9.18. The van der Waals surface area contributed by atoms with Gasteiger partial charge in [-0.25, -0.2) is 0 Å². The molecule has 3 aromatic rings. The quantitative estimate of drug-likeness (QED) is 0.771. The Kier molecular flexibility index (Phi) is 3.05. The van der Waals surface area contributed by atoms with Gasteiger partial charge in [0, 0.05) is 5.39 Å². The number of benzene rings is 2. The van der Waals surface area contributed by atoms with Gasteiger partial charge >= 0.3 is 0 Å². The first-order chi connectivity index (χ1) is 9.22. The molecule has 0 bridgehead atoms. The van der Waals surface area contributed by atoms with Crippen LogP contribution in [0.5, 0.6) is 11.5 Å². The summed E-state index contributed by atoms with van der Waals surface area (Å²) in [6, 6.07) is 14.1. The van der Waals surface area contributed by atoms with Crippen molar-refractivity contribution >= 4 is 22.6 Å². The van der Waals surface area contributed by atoms with Gasteiger partial charge in [-0.05, 0) is 36.4 Å². The molecule has 19 heavy (non-hydrogen) atoms. The fraction of sp³-hybridized carbons (Fsp3) is 0.0667. The summed E-state index contributed by atoms with van der Waals surface area (Å²) >= 11 is 6.04. The van der Waals surface area contributed by atoms with Gasteiger partial charge in [-0.2, -0.15) is 0 Å². The standard InChI is InChI=1S/C15H11ClO3/c16-14-3-1-2-10-8-13(19-15(10)14)9-18-12-6-4-11(17)5-7-12/h1-8,17H,9H2. The first-order valence-electron chi connectivity index (χ1n) is 5.81. The smallest absolute Gasteiger partial charge is 0.153 e.